The summed E-state index contributed by atoms with van der Waals surface area (Å²) in [5, 5.41) is 9.45. The predicted octanol–water partition coefficient (Wildman–Crippen LogP) is 5.42. The minimum absolute atomic E-state index is 0.283. The van der Waals surface area contributed by atoms with Gasteiger partial charge >= 0.3 is 51.7 Å². The van der Waals surface area contributed by atoms with E-state index in [1.165, 1.54) is 41.5 Å². The van der Waals surface area contributed by atoms with E-state index < -0.39 is 190 Å². The first-order chi connectivity index (χ1) is 36.7. The summed E-state index contributed by atoms with van der Waals surface area (Å²) in [6.07, 6.45) is -5.35. The summed E-state index contributed by atoms with van der Waals surface area (Å²) < 4.78 is 65.2. The molecule has 0 fully saturated rings. The van der Waals surface area contributed by atoms with Gasteiger partial charge in [0.25, 0.3) is 0 Å². The molecule has 0 aliphatic carbocycles. The van der Waals surface area contributed by atoms with Crippen LogP contribution in [0.1, 0.15) is 163 Å². The Labute approximate surface area is 487 Å². The zero-order valence-electron chi connectivity index (χ0n) is 50.2. The number of amides is 4. The molecule has 82 heavy (non-hydrogen) atoms. The molecular formula is C50H88N4O24P2S2. The minimum atomic E-state index is -5.28. The van der Waals surface area contributed by atoms with Crippen LogP contribution in [0.15, 0.2) is 0 Å². The fraction of sp³-hybridized carbons (Fsp3) is 0.800. The van der Waals surface area contributed by atoms with Gasteiger partial charge in [-0.25, -0.2) is 33.1 Å². The second-order valence-electron chi connectivity index (χ2n) is 24.7. The highest BCUT2D eigenvalue weighted by atomic mass is 33.1. The van der Waals surface area contributed by atoms with Crippen LogP contribution in [-0.4, -0.2) is 162 Å². The third kappa shape index (κ3) is 40.0. The van der Waals surface area contributed by atoms with E-state index in [4.69, 9.17) is 28.4 Å². The van der Waals surface area contributed by atoms with E-state index in [1.807, 2.05) is 0 Å². The van der Waals surface area contributed by atoms with E-state index in [2.05, 4.69) is 30.3 Å². The van der Waals surface area contributed by atoms with Crippen molar-refractivity contribution in [3.63, 3.8) is 0 Å². The lowest BCUT2D eigenvalue weighted by Gasteiger charge is -2.27. The van der Waals surface area contributed by atoms with Crippen LogP contribution in [-0.2, 0) is 85.0 Å². The molecule has 0 bridgehead atoms. The van der Waals surface area contributed by atoms with E-state index in [0.717, 1.165) is 21.6 Å². The number of carbonyl (C=O) groups is 10. The minimum Gasteiger partial charge on any atom is -0.460 e. The summed E-state index contributed by atoms with van der Waals surface area (Å²) >= 11 is 0. The van der Waals surface area contributed by atoms with E-state index in [1.54, 1.807) is 83.1 Å². The standard InChI is InChI=1S/C50H88N4O24P2S2/c1-45(2,3)73-39(59)30(24-36(56)34(26-72-80(68,69)70)51-37(57)22-21-33(41(61)75-47(7,8)9)54-44(64)78-50(16,17)18)27-81-82-28-35(42(62)76-48(10,11)12)52-38(58)29(25-71-79(65,66)67)23-31(55)19-20-32(40(60)74-46(4,5)6)53-43(63)77-49(13,14)15/h29-30,32-35H,19-28H2,1-18H3,(H,51,57)(H,52,58)(H,53,63)(H,54,64)(H2,65,66,67)(H2,68,69,70)/t29-,30-,32-,33-,34-,35-/m0/s1. The molecule has 0 unspecified atom stereocenters. The molecule has 0 saturated carbocycles. The van der Waals surface area contributed by atoms with Gasteiger partial charge < -0.3 is 69.3 Å². The van der Waals surface area contributed by atoms with Crippen molar-refractivity contribution in [3.05, 3.63) is 0 Å². The Balaban J connectivity index is 6.73. The number of ketones is 2. The van der Waals surface area contributed by atoms with Gasteiger partial charge in [-0.1, -0.05) is 21.6 Å². The first kappa shape index (κ1) is 77.6. The fourth-order valence-electron chi connectivity index (χ4n) is 6.23. The lowest BCUT2D eigenvalue weighted by molar-refractivity contribution is -0.160. The lowest BCUT2D eigenvalue weighted by atomic mass is 9.98. The van der Waals surface area contributed by atoms with Crippen LogP contribution in [0.5, 0.6) is 0 Å². The molecule has 0 radical (unpaired) electrons. The van der Waals surface area contributed by atoms with Crippen LogP contribution in [0.25, 0.3) is 0 Å². The Hall–Kier alpha value is -4.38. The number of nitrogens with one attached hydrogen (secondary N) is 4. The molecule has 0 heterocycles. The monoisotopic (exact) mass is 1250 g/mol. The molecule has 474 valence electrons. The van der Waals surface area contributed by atoms with Gasteiger partial charge in [0.1, 0.15) is 63.6 Å². The van der Waals surface area contributed by atoms with Crippen molar-refractivity contribution in [2.24, 2.45) is 11.8 Å². The van der Waals surface area contributed by atoms with Crippen molar-refractivity contribution in [2.75, 3.05) is 24.7 Å². The SMILES string of the molecule is CC(C)(C)OC(=O)N[C@@H](CCC(=O)C[C@@H](COP(=O)(O)O)C(=O)N[C@@H](CSSC[C@H](CC(=O)[C@H](COP(=O)(O)O)NC(=O)CC[C@H](NC(=O)OC(C)(C)C)C(=O)OC(C)(C)C)C(=O)OC(C)(C)C)C(=O)OC(C)(C)C)C(=O)OC(C)(C)C. The Morgan fingerprint density at radius 3 is 1.18 bits per heavy atom. The molecule has 0 spiro atoms. The number of hydrogen-bond donors (Lipinski definition) is 8. The Morgan fingerprint density at radius 1 is 0.415 bits per heavy atom. The van der Waals surface area contributed by atoms with E-state index in [9.17, 15) is 76.6 Å². The van der Waals surface area contributed by atoms with Crippen molar-refractivity contribution in [1.82, 2.24) is 21.3 Å². The van der Waals surface area contributed by atoms with Gasteiger partial charge in [-0.3, -0.25) is 33.0 Å². The topological polar surface area (TPSA) is 408 Å². The summed E-state index contributed by atoms with van der Waals surface area (Å²) in [5.74, 6) is -11.3. The quantitative estimate of drug-likeness (QED) is 0.0141. The second-order valence-corrected chi connectivity index (χ2v) is 29.8. The fourth-order valence-corrected chi connectivity index (χ4v) is 9.39. The number of Topliss-reactive ketones (excluding diaryl/α,β-unsaturated/α-hetero) is 2. The molecule has 28 nitrogen and oxygen atoms in total. The van der Waals surface area contributed by atoms with Gasteiger partial charge in [-0.05, 0) is 137 Å². The number of carbonyl (C=O) groups excluding carboxylic acids is 10. The highest BCUT2D eigenvalue weighted by molar-refractivity contribution is 8.76. The molecule has 0 aliphatic rings. The molecule has 0 aromatic carbocycles. The molecule has 32 heteroatoms. The van der Waals surface area contributed by atoms with Gasteiger partial charge in [-0.2, -0.15) is 0 Å². The zero-order valence-corrected chi connectivity index (χ0v) is 53.6. The van der Waals surface area contributed by atoms with Gasteiger partial charge in [0.15, 0.2) is 5.78 Å². The van der Waals surface area contributed by atoms with Crippen LogP contribution in [0.2, 0.25) is 0 Å². The molecule has 8 N–H and O–H groups in total. The Kier molecular flexibility index (Phi) is 31.0. The van der Waals surface area contributed by atoms with Crippen LogP contribution in [0.4, 0.5) is 9.59 Å². The molecule has 0 rings (SSSR count). The van der Waals surface area contributed by atoms with Gasteiger partial charge in [0.05, 0.1) is 25.0 Å². The number of rotatable bonds is 31. The number of phosphoric ester groups is 2. The zero-order chi connectivity index (χ0) is 64.2. The highest BCUT2D eigenvalue weighted by Gasteiger charge is 2.37. The molecule has 6 atom stereocenters. The summed E-state index contributed by atoms with van der Waals surface area (Å²) in [6, 6.07) is -6.24. The molecular weight excluding hydrogens is 1170 g/mol. The van der Waals surface area contributed by atoms with E-state index in [0.29, 0.717) is 0 Å². The molecule has 0 aliphatic heterocycles. The predicted molar refractivity (Wildman–Crippen MR) is 299 cm³/mol. The van der Waals surface area contributed by atoms with Crippen molar-refractivity contribution >= 4 is 96.7 Å². The molecule has 0 saturated heterocycles. The summed E-state index contributed by atoms with van der Waals surface area (Å²) in [6.45, 7) is 26.0. The number of esters is 4. The summed E-state index contributed by atoms with van der Waals surface area (Å²) in [5.41, 5.74) is -6.22. The third-order valence-corrected chi connectivity index (χ3v) is 12.8. The molecule has 0 aromatic rings. The van der Waals surface area contributed by atoms with Crippen molar-refractivity contribution < 1.29 is 114 Å². The number of hydrogen-bond acceptors (Lipinski definition) is 22. The van der Waals surface area contributed by atoms with E-state index in [-0.39, 0.29) is 17.9 Å². The summed E-state index contributed by atoms with van der Waals surface area (Å²) in [7, 11) is -8.79. The van der Waals surface area contributed by atoms with E-state index >= 15 is 0 Å². The normalized spacial score (nSPS) is 15.0. The largest absolute Gasteiger partial charge is 0.469 e. The first-order valence-corrected chi connectivity index (χ1v) is 31.5. The maximum atomic E-state index is 14.0. The molecule has 4 amide bonds. The lowest BCUT2D eigenvalue weighted by Crippen LogP contribution is -2.48. The highest BCUT2D eigenvalue weighted by Crippen LogP contribution is 2.37. The van der Waals surface area contributed by atoms with Gasteiger partial charge in [-0.15, -0.1) is 0 Å². The van der Waals surface area contributed by atoms with Crippen LogP contribution in [0, 0.1) is 11.8 Å². The van der Waals surface area contributed by atoms with Crippen molar-refractivity contribution in [3.8, 4) is 0 Å². The number of alkyl carbamates (subject to hydrolysis) is 2. The Morgan fingerprint density at radius 2 is 0.780 bits per heavy atom. The molecule has 0 aromatic heterocycles. The van der Waals surface area contributed by atoms with Gasteiger partial charge in [0.2, 0.25) is 11.8 Å². The van der Waals surface area contributed by atoms with Gasteiger partial charge in [0, 0.05) is 37.2 Å². The maximum absolute atomic E-state index is 14.0. The average Bonchev–Trinajstić information content (AvgIpc) is 3.22. The van der Waals surface area contributed by atoms with Crippen LogP contribution in [0.3, 0.4) is 0 Å². The summed E-state index contributed by atoms with van der Waals surface area (Å²) in [4.78, 5) is 172. The smallest absolute Gasteiger partial charge is 0.460 e. The van der Waals surface area contributed by atoms with Crippen molar-refractivity contribution in [2.45, 2.75) is 221 Å². The number of ether oxygens (including phenoxy) is 6. The third-order valence-electron chi connectivity index (χ3n) is 9.34. The van der Waals surface area contributed by atoms with Crippen molar-refractivity contribution in [1.29, 1.82) is 0 Å². The van der Waals surface area contributed by atoms with Crippen LogP contribution >= 0.6 is 37.2 Å². The maximum Gasteiger partial charge on any atom is 0.469 e. The van der Waals surface area contributed by atoms with Crippen LogP contribution < -0.4 is 21.3 Å². The Bertz CT molecular complexity index is 2150. The number of phosphoric acid groups is 2. The second kappa shape index (κ2) is 32.8. The first-order valence-electron chi connectivity index (χ1n) is 25.9. The average molecular weight is 1260 g/mol.